The second kappa shape index (κ2) is 8.05. The first-order chi connectivity index (χ1) is 15.5. The third kappa shape index (κ3) is 3.48. The van der Waals surface area contributed by atoms with Crippen LogP contribution in [0.5, 0.6) is 0 Å². The molecular formula is C23H18ClFN6O. The van der Waals surface area contributed by atoms with Crippen LogP contribution in [-0.2, 0) is 11.4 Å². The summed E-state index contributed by atoms with van der Waals surface area (Å²) >= 11 is 6.11. The van der Waals surface area contributed by atoms with Crippen molar-refractivity contribution in [3.63, 3.8) is 0 Å². The molecule has 9 heteroatoms. The number of hydrogen-bond acceptors (Lipinski definition) is 5. The molecule has 0 saturated carbocycles. The minimum Gasteiger partial charge on any atom is -0.387 e. The summed E-state index contributed by atoms with van der Waals surface area (Å²) in [5.41, 5.74) is 5.02. The van der Waals surface area contributed by atoms with Crippen molar-refractivity contribution in [3.8, 4) is 5.69 Å². The fourth-order valence-corrected chi connectivity index (χ4v) is 3.83. The van der Waals surface area contributed by atoms with Gasteiger partial charge in [0.2, 0.25) is 0 Å². The summed E-state index contributed by atoms with van der Waals surface area (Å²) in [5, 5.41) is 9.89. The topological polar surface area (TPSA) is 69.6 Å². The maximum atomic E-state index is 13.4. The number of nitrogens with zero attached hydrogens (tertiary/aromatic N) is 6. The summed E-state index contributed by atoms with van der Waals surface area (Å²) in [5.74, 6) is 0.191. The molecule has 160 valence electrons. The third-order valence-corrected chi connectivity index (χ3v) is 5.67. The van der Waals surface area contributed by atoms with Gasteiger partial charge >= 0.3 is 0 Å². The smallest absolute Gasteiger partial charge is 0.192 e. The van der Waals surface area contributed by atoms with E-state index in [1.807, 2.05) is 36.6 Å². The van der Waals surface area contributed by atoms with Crippen molar-refractivity contribution >= 4 is 34.5 Å². The molecule has 32 heavy (non-hydrogen) atoms. The van der Waals surface area contributed by atoms with E-state index in [1.54, 1.807) is 35.3 Å². The maximum absolute atomic E-state index is 13.4. The predicted octanol–water partition coefficient (Wildman–Crippen LogP) is 5.03. The fraction of sp³-hybridized carbons (Fsp3) is 0.130. The van der Waals surface area contributed by atoms with E-state index in [9.17, 15) is 4.39 Å². The van der Waals surface area contributed by atoms with Gasteiger partial charge in [0.05, 0.1) is 11.6 Å². The van der Waals surface area contributed by atoms with Crippen LogP contribution >= 0.6 is 11.6 Å². The van der Waals surface area contributed by atoms with Crippen molar-refractivity contribution in [1.82, 2.24) is 24.1 Å². The molecule has 5 aromatic rings. The van der Waals surface area contributed by atoms with Crippen LogP contribution in [0.15, 0.2) is 60.0 Å². The Morgan fingerprint density at radius 1 is 1.09 bits per heavy atom. The minimum atomic E-state index is -0.283. The van der Waals surface area contributed by atoms with Crippen LogP contribution in [0.1, 0.15) is 22.6 Å². The first kappa shape index (κ1) is 20.1. The molecule has 0 amide bonds. The SMILES string of the molecule is Cc1c(C)n(-c2ccc(F)cc2)c2ncn3nc(CON=Cc4ccccc4Cl)nc3c12. The highest BCUT2D eigenvalue weighted by molar-refractivity contribution is 6.33. The molecule has 0 unspecified atom stereocenters. The molecule has 0 N–H and O–H groups in total. The molecule has 0 aliphatic carbocycles. The monoisotopic (exact) mass is 448 g/mol. The summed E-state index contributed by atoms with van der Waals surface area (Å²) in [4.78, 5) is 14.6. The van der Waals surface area contributed by atoms with Gasteiger partial charge in [-0.05, 0) is 49.7 Å². The first-order valence-corrected chi connectivity index (χ1v) is 10.3. The summed E-state index contributed by atoms with van der Waals surface area (Å²) in [6.07, 6.45) is 3.16. The van der Waals surface area contributed by atoms with Crippen molar-refractivity contribution in [1.29, 1.82) is 0 Å². The van der Waals surface area contributed by atoms with Gasteiger partial charge in [0.1, 0.15) is 12.1 Å². The minimum absolute atomic E-state index is 0.0980. The quantitative estimate of drug-likeness (QED) is 0.279. The summed E-state index contributed by atoms with van der Waals surface area (Å²) in [7, 11) is 0. The van der Waals surface area contributed by atoms with Crippen molar-refractivity contribution in [2.45, 2.75) is 20.5 Å². The number of rotatable bonds is 5. The second-order valence-corrected chi connectivity index (χ2v) is 7.70. The van der Waals surface area contributed by atoms with E-state index in [4.69, 9.17) is 16.4 Å². The second-order valence-electron chi connectivity index (χ2n) is 7.29. The molecule has 3 aromatic heterocycles. The van der Waals surface area contributed by atoms with E-state index in [0.717, 1.165) is 33.5 Å². The molecule has 5 rings (SSSR count). The van der Waals surface area contributed by atoms with Gasteiger partial charge in [0.25, 0.3) is 0 Å². The zero-order chi connectivity index (χ0) is 22.2. The predicted molar refractivity (Wildman–Crippen MR) is 121 cm³/mol. The number of hydrogen-bond donors (Lipinski definition) is 0. The highest BCUT2D eigenvalue weighted by atomic mass is 35.5. The van der Waals surface area contributed by atoms with Crippen molar-refractivity contribution in [2.75, 3.05) is 0 Å². The number of halogens is 2. The first-order valence-electron chi connectivity index (χ1n) is 9.90. The number of benzene rings is 2. The molecule has 0 radical (unpaired) electrons. The Bertz CT molecular complexity index is 1470. The normalized spacial score (nSPS) is 11.8. The molecule has 0 atom stereocenters. The van der Waals surface area contributed by atoms with Gasteiger partial charge in [-0.15, -0.1) is 5.10 Å². The Balaban J connectivity index is 1.48. The molecule has 7 nitrogen and oxygen atoms in total. The molecular weight excluding hydrogens is 431 g/mol. The Morgan fingerprint density at radius 2 is 1.88 bits per heavy atom. The van der Waals surface area contributed by atoms with E-state index in [0.29, 0.717) is 16.5 Å². The van der Waals surface area contributed by atoms with Crippen LogP contribution in [-0.4, -0.2) is 30.4 Å². The molecule has 0 aliphatic heterocycles. The van der Waals surface area contributed by atoms with Crippen LogP contribution in [0.4, 0.5) is 4.39 Å². The van der Waals surface area contributed by atoms with Crippen molar-refractivity contribution < 1.29 is 9.23 Å². The molecule has 0 aliphatic rings. The lowest BCUT2D eigenvalue weighted by Crippen LogP contribution is -1.99. The Hall–Kier alpha value is -3.78. The Kier molecular flexibility index (Phi) is 5.07. The van der Waals surface area contributed by atoms with Crippen molar-refractivity contribution in [3.05, 3.63) is 88.3 Å². The number of fused-ring (bicyclic) bond motifs is 3. The molecule has 2 aromatic carbocycles. The van der Waals surface area contributed by atoms with Gasteiger partial charge in [-0.3, -0.25) is 4.57 Å². The lowest BCUT2D eigenvalue weighted by Gasteiger charge is -2.07. The van der Waals surface area contributed by atoms with Crippen molar-refractivity contribution in [2.24, 2.45) is 5.16 Å². The molecule has 0 fully saturated rings. The molecule has 0 bridgehead atoms. The zero-order valence-electron chi connectivity index (χ0n) is 17.3. The van der Waals surface area contributed by atoms with E-state index in [1.165, 1.54) is 12.1 Å². The average molecular weight is 449 g/mol. The van der Waals surface area contributed by atoms with E-state index in [2.05, 4.69) is 20.2 Å². The average Bonchev–Trinajstić information content (AvgIpc) is 3.31. The number of oxime groups is 1. The number of aromatic nitrogens is 5. The third-order valence-electron chi connectivity index (χ3n) is 5.33. The van der Waals surface area contributed by atoms with E-state index >= 15 is 0 Å². The van der Waals surface area contributed by atoms with Crippen LogP contribution < -0.4 is 0 Å². The standard InChI is InChI=1S/C23H18ClFN6O/c1-14-15(2)31(18-9-7-17(25)8-10-18)22-21(14)23-28-20(29-30(23)13-26-22)12-32-27-11-16-5-3-4-6-19(16)24/h3-11,13H,12H2,1-2H3. The van der Waals surface area contributed by atoms with Gasteiger partial charge in [-0.2, -0.15) is 0 Å². The Labute approximate surface area is 187 Å². The van der Waals surface area contributed by atoms with E-state index in [-0.39, 0.29) is 12.4 Å². The van der Waals surface area contributed by atoms with Crippen LogP contribution in [0, 0.1) is 19.7 Å². The van der Waals surface area contributed by atoms with E-state index < -0.39 is 0 Å². The lowest BCUT2D eigenvalue weighted by atomic mass is 10.2. The highest BCUT2D eigenvalue weighted by Crippen LogP contribution is 2.29. The fourth-order valence-electron chi connectivity index (χ4n) is 3.64. The largest absolute Gasteiger partial charge is 0.387 e. The molecule has 3 heterocycles. The summed E-state index contributed by atoms with van der Waals surface area (Å²) < 4.78 is 17.0. The molecule has 0 spiro atoms. The summed E-state index contributed by atoms with van der Waals surface area (Å²) in [6.45, 7) is 4.11. The molecule has 0 saturated heterocycles. The van der Waals surface area contributed by atoms with Crippen LogP contribution in [0.2, 0.25) is 5.02 Å². The summed E-state index contributed by atoms with van der Waals surface area (Å²) in [6, 6.07) is 13.7. The van der Waals surface area contributed by atoms with Crippen LogP contribution in [0.3, 0.4) is 0 Å². The van der Waals surface area contributed by atoms with Gasteiger partial charge in [-0.25, -0.2) is 18.9 Å². The van der Waals surface area contributed by atoms with Crippen LogP contribution in [0.25, 0.3) is 22.4 Å². The van der Waals surface area contributed by atoms with Gasteiger partial charge in [0, 0.05) is 22.0 Å². The highest BCUT2D eigenvalue weighted by Gasteiger charge is 2.19. The van der Waals surface area contributed by atoms with Gasteiger partial charge in [0.15, 0.2) is 23.7 Å². The van der Waals surface area contributed by atoms with Gasteiger partial charge < -0.3 is 4.84 Å². The lowest BCUT2D eigenvalue weighted by molar-refractivity contribution is 0.126. The number of aryl methyl sites for hydroxylation is 1. The maximum Gasteiger partial charge on any atom is 0.192 e. The Morgan fingerprint density at radius 3 is 2.66 bits per heavy atom. The van der Waals surface area contributed by atoms with Gasteiger partial charge in [-0.1, -0.05) is 35.0 Å². The zero-order valence-corrected chi connectivity index (χ0v) is 18.1.